The number of nitrogens with one attached hydrogen (secondary N) is 2. The van der Waals surface area contributed by atoms with E-state index in [4.69, 9.17) is 9.47 Å². The highest BCUT2D eigenvalue weighted by Crippen LogP contribution is 2.10. The van der Waals surface area contributed by atoms with Crippen molar-refractivity contribution in [1.82, 2.24) is 15.5 Å². The average Bonchev–Trinajstić information content (AvgIpc) is 2.44. The largest absolute Gasteiger partial charge is 0.444 e. The first-order valence-corrected chi connectivity index (χ1v) is 8.16. The summed E-state index contributed by atoms with van der Waals surface area (Å²) in [6.45, 7) is 13.0. The van der Waals surface area contributed by atoms with Crippen molar-refractivity contribution < 1.29 is 14.3 Å². The Morgan fingerprint density at radius 3 is 2.48 bits per heavy atom. The summed E-state index contributed by atoms with van der Waals surface area (Å²) in [5.41, 5.74) is -0.473. The molecule has 1 atom stereocenters. The molecule has 0 aromatic heterocycles. The van der Waals surface area contributed by atoms with E-state index in [1.807, 2.05) is 27.7 Å². The number of amides is 1. The Morgan fingerprint density at radius 1 is 1.30 bits per heavy atom. The molecule has 0 spiro atoms. The minimum absolute atomic E-state index is 0.262. The molecule has 0 fully saturated rings. The lowest BCUT2D eigenvalue weighted by molar-refractivity contribution is 0.0278. The molecule has 0 aliphatic rings. The Labute approximate surface area is 140 Å². The highest BCUT2D eigenvalue weighted by molar-refractivity contribution is 5.79. The van der Waals surface area contributed by atoms with E-state index >= 15 is 0 Å². The lowest BCUT2D eigenvalue weighted by atomic mass is 10.1. The topological polar surface area (TPSA) is 75.2 Å². The molecule has 0 rings (SSSR count). The smallest absolute Gasteiger partial charge is 0.410 e. The summed E-state index contributed by atoms with van der Waals surface area (Å²) in [5, 5.41) is 6.42. The molecule has 7 heteroatoms. The Bertz CT molecular complexity index is 367. The average molecular weight is 330 g/mol. The van der Waals surface area contributed by atoms with Crippen LogP contribution < -0.4 is 10.6 Å². The number of hydrogen-bond donors (Lipinski definition) is 2. The van der Waals surface area contributed by atoms with Crippen molar-refractivity contribution in [2.24, 2.45) is 10.9 Å². The number of carbonyl (C=O) groups is 1. The number of nitrogens with zero attached hydrogens (tertiary/aromatic N) is 2. The van der Waals surface area contributed by atoms with Crippen LogP contribution in [0, 0.1) is 5.92 Å². The van der Waals surface area contributed by atoms with Gasteiger partial charge >= 0.3 is 6.09 Å². The van der Waals surface area contributed by atoms with Gasteiger partial charge in [-0.05, 0) is 33.6 Å². The molecule has 0 bridgehead atoms. The lowest BCUT2D eigenvalue weighted by Gasteiger charge is -2.26. The maximum atomic E-state index is 11.9. The zero-order valence-electron chi connectivity index (χ0n) is 15.7. The van der Waals surface area contributed by atoms with E-state index < -0.39 is 5.60 Å². The van der Waals surface area contributed by atoms with E-state index in [-0.39, 0.29) is 12.0 Å². The Balaban J connectivity index is 4.08. The Hall–Kier alpha value is -1.50. The fraction of sp³-hybridized carbons (Fsp3) is 0.875. The van der Waals surface area contributed by atoms with Crippen molar-refractivity contribution >= 4 is 12.1 Å². The summed E-state index contributed by atoms with van der Waals surface area (Å²) < 4.78 is 10.6. The van der Waals surface area contributed by atoms with Crippen molar-refractivity contribution in [3.05, 3.63) is 0 Å². The first-order chi connectivity index (χ1) is 10.7. The van der Waals surface area contributed by atoms with Gasteiger partial charge in [-0.1, -0.05) is 6.92 Å². The molecule has 2 N–H and O–H groups in total. The standard InChI is InChI=1S/C16H34N4O3/c1-8-22-10-9-18-14(17-6)19-11-13(2)12-20(7)15(21)23-16(3,4)5/h13H,8-12H2,1-7H3,(H2,17,18,19). The van der Waals surface area contributed by atoms with Crippen molar-refractivity contribution in [2.75, 3.05) is 46.9 Å². The predicted molar refractivity (Wildman–Crippen MR) is 93.9 cm³/mol. The van der Waals surface area contributed by atoms with Gasteiger partial charge in [-0.15, -0.1) is 0 Å². The number of ether oxygens (including phenoxy) is 2. The fourth-order valence-corrected chi connectivity index (χ4v) is 1.82. The van der Waals surface area contributed by atoms with E-state index in [0.29, 0.717) is 32.8 Å². The molecule has 0 saturated heterocycles. The molecule has 1 amide bonds. The summed E-state index contributed by atoms with van der Waals surface area (Å²) in [6.07, 6.45) is -0.302. The minimum atomic E-state index is -0.473. The highest BCUT2D eigenvalue weighted by atomic mass is 16.6. The van der Waals surface area contributed by atoms with E-state index in [0.717, 1.165) is 5.96 Å². The monoisotopic (exact) mass is 330 g/mol. The van der Waals surface area contributed by atoms with Crippen LogP contribution in [-0.2, 0) is 9.47 Å². The maximum absolute atomic E-state index is 11.9. The summed E-state index contributed by atoms with van der Waals surface area (Å²) in [5.74, 6) is 0.995. The molecular weight excluding hydrogens is 296 g/mol. The van der Waals surface area contributed by atoms with Gasteiger partial charge in [0, 0.05) is 40.3 Å². The second kappa shape index (κ2) is 11.1. The molecule has 0 aliphatic heterocycles. The molecule has 0 heterocycles. The SMILES string of the molecule is CCOCCNC(=NC)NCC(C)CN(C)C(=O)OC(C)(C)C. The second-order valence-electron chi connectivity index (χ2n) is 6.54. The van der Waals surface area contributed by atoms with Crippen LogP contribution in [0.5, 0.6) is 0 Å². The summed E-state index contributed by atoms with van der Waals surface area (Å²) >= 11 is 0. The van der Waals surface area contributed by atoms with Gasteiger partial charge in [0.25, 0.3) is 0 Å². The molecule has 1 unspecified atom stereocenters. The number of aliphatic imine (C=N–C) groups is 1. The zero-order valence-corrected chi connectivity index (χ0v) is 15.7. The van der Waals surface area contributed by atoms with Crippen LogP contribution >= 0.6 is 0 Å². The molecule has 0 aliphatic carbocycles. The molecule has 23 heavy (non-hydrogen) atoms. The van der Waals surface area contributed by atoms with Crippen molar-refractivity contribution in [1.29, 1.82) is 0 Å². The van der Waals surface area contributed by atoms with Gasteiger partial charge in [0.15, 0.2) is 5.96 Å². The first-order valence-electron chi connectivity index (χ1n) is 8.16. The summed E-state index contributed by atoms with van der Waals surface area (Å²) in [6, 6.07) is 0. The van der Waals surface area contributed by atoms with Crippen LogP contribution in [0.3, 0.4) is 0 Å². The molecule has 0 aromatic rings. The second-order valence-corrected chi connectivity index (χ2v) is 6.54. The molecule has 7 nitrogen and oxygen atoms in total. The molecular formula is C16H34N4O3. The van der Waals surface area contributed by atoms with Gasteiger partial charge in [-0.3, -0.25) is 4.99 Å². The van der Waals surface area contributed by atoms with Crippen molar-refractivity contribution in [3.63, 3.8) is 0 Å². The number of carbonyl (C=O) groups excluding carboxylic acids is 1. The van der Waals surface area contributed by atoms with Crippen LogP contribution in [-0.4, -0.2) is 69.5 Å². The Morgan fingerprint density at radius 2 is 1.96 bits per heavy atom. The Kier molecular flexibility index (Phi) is 10.4. The zero-order chi connectivity index (χ0) is 17.9. The summed E-state index contributed by atoms with van der Waals surface area (Å²) in [4.78, 5) is 17.7. The van der Waals surface area contributed by atoms with Gasteiger partial charge in [0.05, 0.1) is 6.61 Å². The van der Waals surface area contributed by atoms with Crippen LogP contribution in [0.2, 0.25) is 0 Å². The quantitative estimate of drug-likeness (QED) is 0.402. The van der Waals surface area contributed by atoms with Gasteiger partial charge in [-0.2, -0.15) is 0 Å². The van der Waals surface area contributed by atoms with Crippen LogP contribution in [0.15, 0.2) is 4.99 Å². The van der Waals surface area contributed by atoms with Gasteiger partial charge in [0.1, 0.15) is 5.60 Å². The van der Waals surface area contributed by atoms with Gasteiger partial charge in [-0.25, -0.2) is 4.79 Å². The van der Waals surface area contributed by atoms with E-state index in [9.17, 15) is 4.79 Å². The first kappa shape index (κ1) is 21.5. The van der Waals surface area contributed by atoms with Gasteiger partial charge < -0.3 is 25.0 Å². The summed E-state index contributed by atoms with van der Waals surface area (Å²) in [7, 11) is 3.48. The third-order valence-corrected chi connectivity index (χ3v) is 2.88. The number of hydrogen-bond acceptors (Lipinski definition) is 4. The highest BCUT2D eigenvalue weighted by Gasteiger charge is 2.20. The van der Waals surface area contributed by atoms with E-state index in [1.165, 1.54) is 0 Å². The van der Waals surface area contributed by atoms with Gasteiger partial charge in [0.2, 0.25) is 0 Å². The van der Waals surface area contributed by atoms with E-state index in [1.54, 1.807) is 19.0 Å². The molecule has 136 valence electrons. The van der Waals surface area contributed by atoms with E-state index in [2.05, 4.69) is 22.5 Å². The van der Waals surface area contributed by atoms with Crippen molar-refractivity contribution in [3.8, 4) is 0 Å². The van der Waals surface area contributed by atoms with Crippen molar-refractivity contribution in [2.45, 2.75) is 40.2 Å². The fourth-order valence-electron chi connectivity index (χ4n) is 1.82. The normalized spacial score (nSPS) is 13.4. The maximum Gasteiger partial charge on any atom is 0.410 e. The third-order valence-electron chi connectivity index (χ3n) is 2.88. The van der Waals surface area contributed by atoms with Crippen LogP contribution in [0.4, 0.5) is 4.79 Å². The molecule has 0 aromatic carbocycles. The number of rotatable bonds is 8. The number of guanidine groups is 1. The minimum Gasteiger partial charge on any atom is -0.444 e. The van der Waals surface area contributed by atoms with Crippen LogP contribution in [0.1, 0.15) is 34.6 Å². The predicted octanol–water partition coefficient (Wildman–Crippen LogP) is 1.69. The van der Waals surface area contributed by atoms with Crippen LogP contribution in [0.25, 0.3) is 0 Å². The lowest BCUT2D eigenvalue weighted by Crippen LogP contribution is -2.43. The molecule has 0 saturated carbocycles. The molecule has 0 radical (unpaired) electrons. The third kappa shape index (κ3) is 11.7.